The first-order chi connectivity index (χ1) is 9.55. The number of hydrogen-bond donors (Lipinski definition) is 1. The van der Waals surface area contributed by atoms with E-state index in [-0.39, 0.29) is 5.60 Å². The zero-order valence-electron chi connectivity index (χ0n) is 12.4. The van der Waals surface area contributed by atoms with Crippen LogP contribution in [0.5, 0.6) is 0 Å². The van der Waals surface area contributed by atoms with Gasteiger partial charge in [-0.15, -0.1) is 0 Å². The van der Waals surface area contributed by atoms with Crippen LogP contribution in [0, 0.1) is 0 Å². The van der Waals surface area contributed by atoms with Gasteiger partial charge in [0.25, 0.3) is 0 Å². The van der Waals surface area contributed by atoms with Crippen LogP contribution in [0.25, 0.3) is 0 Å². The van der Waals surface area contributed by atoms with Gasteiger partial charge in [-0.2, -0.15) is 0 Å². The van der Waals surface area contributed by atoms with E-state index in [0.717, 1.165) is 25.3 Å². The van der Waals surface area contributed by atoms with E-state index >= 15 is 0 Å². The van der Waals surface area contributed by atoms with Crippen LogP contribution < -0.4 is 0 Å². The molecule has 1 unspecified atom stereocenters. The van der Waals surface area contributed by atoms with Crippen molar-refractivity contribution in [3.05, 3.63) is 35.9 Å². The first-order valence-corrected chi connectivity index (χ1v) is 7.21. The van der Waals surface area contributed by atoms with Crippen LogP contribution in [0.15, 0.2) is 30.3 Å². The number of ether oxygens (including phenoxy) is 2. The summed E-state index contributed by atoms with van der Waals surface area (Å²) in [5.74, 6) is 0. The minimum Gasteiger partial charge on any atom is -0.389 e. The second-order valence-corrected chi connectivity index (χ2v) is 6.00. The number of benzene rings is 1. The van der Waals surface area contributed by atoms with Crippen molar-refractivity contribution in [2.45, 2.75) is 32.2 Å². The maximum atomic E-state index is 10.0. The molecule has 0 aliphatic carbocycles. The number of hydrogen-bond acceptors (Lipinski definition) is 4. The molecule has 1 aliphatic rings. The number of aliphatic hydroxyl groups excluding tert-OH is 1. The molecule has 0 aromatic heterocycles. The lowest BCUT2D eigenvalue weighted by atomic mass is 10.1. The highest BCUT2D eigenvalue weighted by Gasteiger charge is 2.28. The van der Waals surface area contributed by atoms with Crippen LogP contribution in [0.3, 0.4) is 0 Å². The SMILES string of the molecule is CC1(C)CN(CC(O)COCc2ccccc2)CCO1. The number of rotatable bonds is 6. The van der Waals surface area contributed by atoms with Gasteiger partial charge in [0, 0.05) is 19.6 Å². The number of morpholine rings is 1. The van der Waals surface area contributed by atoms with E-state index in [1.807, 2.05) is 30.3 Å². The van der Waals surface area contributed by atoms with Gasteiger partial charge in [0.05, 0.1) is 31.5 Å². The lowest BCUT2D eigenvalue weighted by molar-refractivity contribution is -0.0975. The van der Waals surface area contributed by atoms with Crippen molar-refractivity contribution in [2.75, 3.05) is 32.8 Å². The molecule has 0 bridgehead atoms. The molecule has 0 spiro atoms. The summed E-state index contributed by atoms with van der Waals surface area (Å²) < 4.78 is 11.2. The van der Waals surface area contributed by atoms with E-state index in [2.05, 4.69) is 18.7 Å². The third-order valence-corrected chi connectivity index (χ3v) is 3.40. The van der Waals surface area contributed by atoms with E-state index in [1.165, 1.54) is 0 Å². The summed E-state index contributed by atoms with van der Waals surface area (Å²) in [4.78, 5) is 2.24. The number of β-amino-alcohol motifs (C(OH)–C–C–N with tert-alkyl or cyclic N) is 1. The van der Waals surface area contributed by atoms with E-state index in [9.17, 15) is 5.11 Å². The van der Waals surface area contributed by atoms with Gasteiger partial charge in [0.2, 0.25) is 0 Å². The molecule has 0 amide bonds. The lowest BCUT2D eigenvalue weighted by Crippen LogP contribution is -2.50. The van der Waals surface area contributed by atoms with Crippen LogP contribution in [0.4, 0.5) is 0 Å². The summed E-state index contributed by atoms with van der Waals surface area (Å²) in [6.07, 6.45) is -0.451. The zero-order valence-corrected chi connectivity index (χ0v) is 12.4. The van der Waals surface area contributed by atoms with Crippen molar-refractivity contribution >= 4 is 0 Å². The lowest BCUT2D eigenvalue weighted by Gasteiger charge is -2.38. The van der Waals surface area contributed by atoms with Gasteiger partial charge >= 0.3 is 0 Å². The van der Waals surface area contributed by atoms with Gasteiger partial charge in [0.1, 0.15) is 0 Å². The second kappa shape index (κ2) is 7.18. The molecule has 1 atom stereocenters. The molecule has 0 saturated carbocycles. The topological polar surface area (TPSA) is 41.9 Å². The third kappa shape index (κ3) is 5.21. The highest BCUT2D eigenvalue weighted by atomic mass is 16.5. The van der Waals surface area contributed by atoms with Crippen molar-refractivity contribution < 1.29 is 14.6 Å². The van der Waals surface area contributed by atoms with Crippen LogP contribution in [-0.2, 0) is 16.1 Å². The molecule has 1 aliphatic heterocycles. The van der Waals surface area contributed by atoms with Crippen LogP contribution in [0.2, 0.25) is 0 Å². The van der Waals surface area contributed by atoms with E-state index in [4.69, 9.17) is 9.47 Å². The normalized spacial score (nSPS) is 20.8. The first-order valence-electron chi connectivity index (χ1n) is 7.21. The van der Waals surface area contributed by atoms with Gasteiger partial charge in [-0.05, 0) is 19.4 Å². The number of nitrogens with zero attached hydrogens (tertiary/aromatic N) is 1. The molecule has 1 aromatic rings. The highest BCUT2D eigenvalue weighted by Crippen LogP contribution is 2.16. The van der Waals surface area contributed by atoms with Gasteiger partial charge in [-0.25, -0.2) is 0 Å². The van der Waals surface area contributed by atoms with Crippen molar-refractivity contribution in [3.63, 3.8) is 0 Å². The van der Waals surface area contributed by atoms with Crippen molar-refractivity contribution in [1.82, 2.24) is 4.90 Å². The van der Waals surface area contributed by atoms with Crippen molar-refractivity contribution in [3.8, 4) is 0 Å². The molecule has 4 nitrogen and oxygen atoms in total. The predicted molar refractivity (Wildman–Crippen MR) is 78.6 cm³/mol. The fourth-order valence-corrected chi connectivity index (χ4v) is 2.51. The summed E-state index contributed by atoms with van der Waals surface area (Å²) in [6, 6.07) is 10.0. The summed E-state index contributed by atoms with van der Waals surface area (Å²) in [6.45, 7) is 8.17. The predicted octanol–water partition coefficient (Wildman–Crippen LogP) is 1.67. The molecule has 1 saturated heterocycles. The third-order valence-electron chi connectivity index (χ3n) is 3.40. The van der Waals surface area contributed by atoms with Gasteiger partial charge in [0.15, 0.2) is 0 Å². The van der Waals surface area contributed by atoms with Gasteiger partial charge in [-0.3, -0.25) is 4.90 Å². The molecule has 1 fully saturated rings. The van der Waals surface area contributed by atoms with Crippen LogP contribution in [-0.4, -0.2) is 54.6 Å². The largest absolute Gasteiger partial charge is 0.389 e. The molecular weight excluding hydrogens is 254 g/mol. The zero-order chi connectivity index (χ0) is 14.4. The molecule has 112 valence electrons. The first kappa shape index (κ1) is 15.4. The Morgan fingerprint density at radius 3 is 2.80 bits per heavy atom. The average molecular weight is 279 g/mol. The van der Waals surface area contributed by atoms with Crippen LogP contribution >= 0.6 is 0 Å². The molecule has 1 aromatic carbocycles. The Labute approximate surface area is 121 Å². The molecular formula is C16H25NO3. The minimum absolute atomic E-state index is 0.122. The second-order valence-electron chi connectivity index (χ2n) is 6.00. The van der Waals surface area contributed by atoms with Crippen molar-refractivity contribution in [1.29, 1.82) is 0 Å². The maximum absolute atomic E-state index is 10.0. The van der Waals surface area contributed by atoms with Crippen LogP contribution in [0.1, 0.15) is 19.4 Å². The summed E-state index contributed by atoms with van der Waals surface area (Å²) in [5.41, 5.74) is 1.01. The Bertz CT molecular complexity index is 394. The Morgan fingerprint density at radius 1 is 1.35 bits per heavy atom. The molecule has 4 heteroatoms. The average Bonchev–Trinajstić information content (AvgIpc) is 2.38. The van der Waals surface area contributed by atoms with E-state index in [1.54, 1.807) is 0 Å². The summed E-state index contributed by atoms with van der Waals surface area (Å²) in [7, 11) is 0. The minimum atomic E-state index is -0.451. The monoisotopic (exact) mass is 279 g/mol. The molecule has 1 N–H and O–H groups in total. The molecule has 2 rings (SSSR count). The Hall–Kier alpha value is -0.940. The molecule has 20 heavy (non-hydrogen) atoms. The highest BCUT2D eigenvalue weighted by molar-refractivity contribution is 5.13. The van der Waals surface area contributed by atoms with Gasteiger partial charge < -0.3 is 14.6 Å². The number of aliphatic hydroxyl groups is 1. The van der Waals surface area contributed by atoms with Crippen molar-refractivity contribution in [2.24, 2.45) is 0 Å². The quantitative estimate of drug-likeness (QED) is 0.860. The summed E-state index contributed by atoms with van der Waals surface area (Å²) in [5, 5.41) is 10.0. The smallest absolute Gasteiger partial charge is 0.0900 e. The molecule has 1 heterocycles. The fraction of sp³-hybridized carbons (Fsp3) is 0.625. The standard InChI is InChI=1S/C16H25NO3/c1-16(2)13-17(8-9-20-16)10-15(18)12-19-11-14-6-4-3-5-7-14/h3-7,15,18H,8-13H2,1-2H3. The van der Waals surface area contributed by atoms with Gasteiger partial charge in [-0.1, -0.05) is 30.3 Å². The summed E-state index contributed by atoms with van der Waals surface area (Å²) >= 11 is 0. The van der Waals surface area contributed by atoms with E-state index in [0.29, 0.717) is 19.8 Å². The Balaban J connectivity index is 1.66. The Morgan fingerprint density at radius 2 is 2.10 bits per heavy atom. The van der Waals surface area contributed by atoms with E-state index < -0.39 is 6.10 Å². The fourth-order valence-electron chi connectivity index (χ4n) is 2.51. The molecule has 0 radical (unpaired) electrons. The maximum Gasteiger partial charge on any atom is 0.0900 e. The Kier molecular flexibility index (Phi) is 5.54.